The minimum Gasteiger partial charge on any atom is -0.396 e. The summed E-state index contributed by atoms with van der Waals surface area (Å²) in [7, 11) is 0. The minimum atomic E-state index is -0.0250. The lowest BCUT2D eigenvalue weighted by molar-refractivity contribution is 0.110. The Morgan fingerprint density at radius 2 is 1.89 bits per heavy atom. The predicted molar refractivity (Wildman–Crippen MR) is 78.9 cm³/mol. The molecule has 0 saturated carbocycles. The van der Waals surface area contributed by atoms with Gasteiger partial charge < -0.3 is 15.5 Å². The molecule has 1 aromatic carbocycles. The second-order valence-corrected chi connectivity index (χ2v) is 5.37. The predicted octanol–water partition coefficient (Wildman–Crippen LogP) is 2.63. The molecule has 0 spiro atoms. The van der Waals surface area contributed by atoms with Gasteiger partial charge in [-0.1, -0.05) is 38.1 Å². The molecule has 0 radical (unpaired) electrons. The standard InChI is InChI=1S/C16H27NO2/c1-4-16(5-2,12-19)11-17-13(3)15-8-6-7-14(9-15)10-18/h6-9,13,17-19H,4-5,10-12H2,1-3H3. The summed E-state index contributed by atoms with van der Waals surface area (Å²) in [4.78, 5) is 0. The Balaban J connectivity index is 2.66. The van der Waals surface area contributed by atoms with Crippen LogP contribution in [0.3, 0.4) is 0 Å². The summed E-state index contributed by atoms with van der Waals surface area (Å²) in [5, 5.41) is 22.2. The van der Waals surface area contributed by atoms with Crippen molar-refractivity contribution in [3.8, 4) is 0 Å². The molecule has 0 fully saturated rings. The fourth-order valence-electron chi connectivity index (χ4n) is 2.23. The highest BCUT2D eigenvalue weighted by Gasteiger charge is 2.25. The van der Waals surface area contributed by atoms with Crippen molar-refractivity contribution in [2.45, 2.75) is 46.3 Å². The first-order valence-corrected chi connectivity index (χ1v) is 7.14. The molecule has 0 heterocycles. The van der Waals surface area contributed by atoms with Gasteiger partial charge in [-0.25, -0.2) is 0 Å². The van der Waals surface area contributed by atoms with Crippen LogP contribution < -0.4 is 5.32 Å². The zero-order chi connectivity index (χ0) is 14.3. The fourth-order valence-corrected chi connectivity index (χ4v) is 2.23. The lowest BCUT2D eigenvalue weighted by atomic mass is 9.83. The summed E-state index contributed by atoms with van der Waals surface area (Å²) >= 11 is 0. The second kappa shape index (κ2) is 7.63. The molecule has 19 heavy (non-hydrogen) atoms. The van der Waals surface area contributed by atoms with E-state index in [0.29, 0.717) is 0 Å². The first-order chi connectivity index (χ1) is 9.10. The van der Waals surface area contributed by atoms with Gasteiger partial charge in [-0.3, -0.25) is 0 Å². The third-order valence-corrected chi connectivity index (χ3v) is 4.25. The highest BCUT2D eigenvalue weighted by Crippen LogP contribution is 2.26. The summed E-state index contributed by atoms with van der Waals surface area (Å²) in [6.07, 6.45) is 1.94. The minimum absolute atomic E-state index is 0.0250. The Labute approximate surface area is 116 Å². The van der Waals surface area contributed by atoms with Gasteiger partial charge in [0.1, 0.15) is 0 Å². The van der Waals surface area contributed by atoms with Crippen LogP contribution in [-0.2, 0) is 6.61 Å². The van der Waals surface area contributed by atoms with Crippen molar-refractivity contribution >= 4 is 0 Å². The van der Waals surface area contributed by atoms with E-state index in [9.17, 15) is 5.11 Å². The van der Waals surface area contributed by atoms with Crippen LogP contribution in [0.1, 0.15) is 50.8 Å². The van der Waals surface area contributed by atoms with Crippen molar-refractivity contribution in [3.63, 3.8) is 0 Å². The van der Waals surface area contributed by atoms with E-state index >= 15 is 0 Å². The zero-order valence-electron chi connectivity index (χ0n) is 12.3. The van der Waals surface area contributed by atoms with E-state index in [1.54, 1.807) is 0 Å². The summed E-state index contributed by atoms with van der Waals surface area (Å²) in [5.41, 5.74) is 2.08. The topological polar surface area (TPSA) is 52.5 Å². The first-order valence-electron chi connectivity index (χ1n) is 7.14. The summed E-state index contributed by atoms with van der Waals surface area (Å²) < 4.78 is 0. The van der Waals surface area contributed by atoms with Gasteiger partial charge in [-0.15, -0.1) is 0 Å². The van der Waals surface area contributed by atoms with Gasteiger partial charge in [0.15, 0.2) is 0 Å². The van der Waals surface area contributed by atoms with Crippen LogP contribution in [0.2, 0.25) is 0 Å². The normalized spacial score (nSPS) is 13.5. The van der Waals surface area contributed by atoms with Crippen LogP contribution in [0.25, 0.3) is 0 Å². The maximum atomic E-state index is 9.57. The molecule has 3 nitrogen and oxygen atoms in total. The second-order valence-electron chi connectivity index (χ2n) is 5.37. The SMILES string of the molecule is CCC(CC)(CO)CNC(C)c1cccc(CO)c1. The molecule has 1 aromatic rings. The molecule has 0 bridgehead atoms. The van der Waals surface area contributed by atoms with Crippen molar-refractivity contribution in [2.24, 2.45) is 5.41 Å². The molecule has 0 aliphatic rings. The lowest BCUT2D eigenvalue weighted by Gasteiger charge is -2.31. The first kappa shape index (κ1) is 16.2. The third kappa shape index (κ3) is 4.30. The molecule has 0 amide bonds. The molecule has 108 valence electrons. The molecular weight excluding hydrogens is 238 g/mol. The average molecular weight is 265 g/mol. The van der Waals surface area contributed by atoms with Gasteiger partial charge in [0.2, 0.25) is 0 Å². The van der Waals surface area contributed by atoms with Crippen molar-refractivity contribution in [1.29, 1.82) is 0 Å². The molecule has 0 aromatic heterocycles. The summed E-state index contributed by atoms with van der Waals surface area (Å²) in [6.45, 7) is 7.46. The monoisotopic (exact) mass is 265 g/mol. The van der Waals surface area contributed by atoms with E-state index < -0.39 is 0 Å². The van der Waals surface area contributed by atoms with E-state index in [4.69, 9.17) is 5.11 Å². The number of hydrogen-bond acceptors (Lipinski definition) is 3. The molecule has 1 rings (SSSR count). The highest BCUT2D eigenvalue weighted by molar-refractivity contribution is 5.25. The van der Waals surface area contributed by atoms with Crippen LogP contribution in [0.15, 0.2) is 24.3 Å². The summed E-state index contributed by atoms with van der Waals surface area (Å²) in [5.74, 6) is 0. The van der Waals surface area contributed by atoms with Crippen LogP contribution in [-0.4, -0.2) is 23.4 Å². The molecule has 0 saturated heterocycles. The smallest absolute Gasteiger partial charge is 0.0681 e. The number of rotatable bonds is 8. The summed E-state index contributed by atoms with van der Waals surface area (Å²) in [6, 6.07) is 8.20. The Bertz CT molecular complexity index is 367. The van der Waals surface area contributed by atoms with Gasteiger partial charge in [0.05, 0.1) is 6.61 Å². The molecule has 1 unspecified atom stereocenters. The van der Waals surface area contributed by atoms with Gasteiger partial charge >= 0.3 is 0 Å². The fraction of sp³-hybridized carbons (Fsp3) is 0.625. The van der Waals surface area contributed by atoms with Crippen LogP contribution in [0.5, 0.6) is 0 Å². The maximum Gasteiger partial charge on any atom is 0.0681 e. The average Bonchev–Trinajstić information content (AvgIpc) is 2.49. The van der Waals surface area contributed by atoms with Crippen molar-refractivity contribution in [2.75, 3.05) is 13.2 Å². The largest absolute Gasteiger partial charge is 0.396 e. The van der Waals surface area contributed by atoms with E-state index in [2.05, 4.69) is 32.2 Å². The van der Waals surface area contributed by atoms with Crippen molar-refractivity contribution in [3.05, 3.63) is 35.4 Å². The molecule has 3 N–H and O–H groups in total. The van der Waals surface area contributed by atoms with E-state index in [0.717, 1.165) is 24.9 Å². The van der Waals surface area contributed by atoms with Crippen LogP contribution in [0.4, 0.5) is 0 Å². The van der Waals surface area contributed by atoms with E-state index in [1.807, 2.05) is 18.2 Å². The molecular formula is C16H27NO2. The molecule has 1 atom stereocenters. The van der Waals surface area contributed by atoms with Gasteiger partial charge in [0.25, 0.3) is 0 Å². The number of hydrogen-bond donors (Lipinski definition) is 3. The van der Waals surface area contributed by atoms with Gasteiger partial charge in [-0.05, 0) is 30.9 Å². The molecule has 0 aliphatic heterocycles. The number of aliphatic hydroxyl groups excluding tert-OH is 2. The Morgan fingerprint density at radius 1 is 1.21 bits per heavy atom. The third-order valence-electron chi connectivity index (χ3n) is 4.25. The van der Waals surface area contributed by atoms with Crippen molar-refractivity contribution in [1.82, 2.24) is 5.32 Å². The quantitative estimate of drug-likeness (QED) is 0.677. The zero-order valence-corrected chi connectivity index (χ0v) is 12.3. The van der Waals surface area contributed by atoms with E-state index in [-0.39, 0.29) is 24.7 Å². The number of benzene rings is 1. The Hall–Kier alpha value is -0.900. The highest BCUT2D eigenvalue weighted by atomic mass is 16.3. The Kier molecular flexibility index (Phi) is 6.49. The van der Waals surface area contributed by atoms with Gasteiger partial charge in [0, 0.05) is 24.6 Å². The number of aliphatic hydroxyl groups is 2. The van der Waals surface area contributed by atoms with Crippen LogP contribution in [0, 0.1) is 5.41 Å². The lowest BCUT2D eigenvalue weighted by Crippen LogP contribution is -2.37. The molecule has 0 aliphatic carbocycles. The maximum absolute atomic E-state index is 9.57. The van der Waals surface area contributed by atoms with E-state index in [1.165, 1.54) is 5.56 Å². The van der Waals surface area contributed by atoms with Crippen LogP contribution >= 0.6 is 0 Å². The van der Waals surface area contributed by atoms with Gasteiger partial charge in [-0.2, -0.15) is 0 Å². The molecule has 3 heteroatoms. The van der Waals surface area contributed by atoms with Crippen molar-refractivity contribution < 1.29 is 10.2 Å². The number of nitrogens with one attached hydrogen (secondary N) is 1. The Morgan fingerprint density at radius 3 is 2.42 bits per heavy atom.